The molecule has 0 fully saturated rings. The topological polar surface area (TPSA) is 102 Å². The van der Waals surface area contributed by atoms with Crippen molar-refractivity contribution in [2.45, 2.75) is 13.1 Å². The van der Waals surface area contributed by atoms with Gasteiger partial charge < -0.3 is 14.4 Å². The van der Waals surface area contributed by atoms with E-state index in [-0.39, 0.29) is 24.5 Å². The van der Waals surface area contributed by atoms with Crippen LogP contribution in [0.3, 0.4) is 0 Å². The summed E-state index contributed by atoms with van der Waals surface area (Å²) in [5, 5.41) is 10.9. The largest absolute Gasteiger partial charge is 0.415 e. The van der Waals surface area contributed by atoms with Crippen LogP contribution in [0, 0.1) is 10.1 Å². The number of benzene rings is 2. The molecule has 0 aromatic heterocycles. The van der Waals surface area contributed by atoms with E-state index in [0.717, 1.165) is 5.56 Å². The van der Waals surface area contributed by atoms with E-state index in [1.54, 1.807) is 38.4 Å². The Morgan fingerprint density at radius 1 is 1.30 bits per heavy atom. The van der Waals surface area contributed by atoms with Crippen molar-refractivity contribution in [3.63, 3.8) is 0 Å². The number of nitro groups is 1. The summed E-state index contributed by atoms with van der Waals surface area (Å²) < 4.78 is 10.5. The van der Waals surface area contributed by atoms with Crippen molar-refractivity contribution in [2.24, 2.45) is 0 Å². The van der Waals surface area contributed by atoms with Gasteiger partial charge in [-0.2, -0.15) is 0 Å². The van der Waals surface area contributed by atoms with Gasteiger partial charge in [0.2, 0.25) is 0 Å². The van der Waals surface area contributed by atoms with Crippen molar-refractivity contribution in [1.82, 2.24) is 9.80 Å². The molecule has 0 radical (unpaired) electrons. The lowest BCUT2D eigenvalue weighted by Gasteiger charge is -2.28. The van der Waals surface area contributed by atoms with Crippen molar-refractivity contribution < 1.29 is 24.0 Å². The van der Waals surface area contributed by atoms with Crippen LogP contribution in [0.2, 0.25) is 0 Å². The van der Waals surface area contributed by atoms with Gasteiger partial charge in [-0.25, -0.2) is 9.59 Å². The molecule has 0 saturated carbocycles. The number of nitro benzene ring substituents is 1. The molecule has 2 amide bonds. The quantitative estimate of drug-likeness (QED) is 0.604. The van der Waals surface area contributed by atoms with Crippen LogP contribution in [0.1, 0.15) is 11.1 Å². The maximum Gasteiger partial charge on any atom is 0.415 e. The van der Waals surface area contributed by atoms with Crippen molar-refractivity contribution in [2.75, 3.05) is 14.1 Å². The normalized spacial score (nSPS) is 12.8. The zero-order chi connectivity index (χ0) is 19.6. The van der Waals surface area contributed by atoms with Gasteiger partial charge >= 0.3 is 12.2 Å². The van der Waals surface area contributed by atoms with Crippen molar-refractivity contribution in [1.29, 1.82) is 0 Å². The fourth-order valence-corrected chi connectivity index (χ4v) is 2.55. The Labute approximate surface area is 154 Å². The van der Waals surface area contributed by atoms with Gasteiger partial charge in [0.1, 0.15) is 11.5 Å². The minimum atomic E-state index is -0.579. The average Bonchev–Trinajstić information content (AvgIpc) is 2.62. The summed E-state index contributed by atoms with van der Waals surface area (Å²) in [5.74, 6) is 0.590. The Balaban J connectivity index is 1.75. The summed E-state index contributed by atoms with van der Waals surface area (Å²) in [5.41, 5.74) is 1.33. The third-order valence-electron chi connectivity index (χ3n) is 3.92. The van der Waals surface area contributed by atoms with E-state index < -0.39 is 17.1 Å². The van der Waals surface area contributed by atoms with Gasteiger partial charge in [-0.3, -0.25) is 15.0 Å². The number of carbonyl (C=O) groups is 2. The molecule has 1 heterocycles. The second-order valence-corrected chi connectivity index (χ2v) is 6.18. The summed E-state index contributed by atoms with van der Waals surface area (Å²) in [4.78, 5) is 37.0. The molecule has 1 aliphatic heterocycles. The molecular weight excluding hydrogens is 354 g/mol. The summed E-state index contributed by atoms with van der Waals surface area (Å²) in [6, 6.07) is 10.9. The van der Waals surface area contributed by atoms with E-state index >= 15 is 0 Å². The first-order valence-electron chi connectivity index (χ1n) is 8.05. The molecule has 9 heteroatoms. The lowest BCUT2D eigenvalue weighted by molar-refractivity contribution is -0.384. The highest BCUT2D eigenvalue weighted by Crippen LogP contribution is 2.31. The van der Waals surface area contributed by atoms with Crippen LogP contribution in [0.25, 0.3) is 0 Å². The van der Waals surface area contributed by atoms with Crippen LogP contribution in [-0.2, 0) is 13.1 Å². The van der Waals surface area contributed by atoms with Gasteiger partial charge in [-0.05, 0) is 17.7 Å². The Hall–Kier alpha value is -3.62. The highest BCUT2D eigenvalue weighted by molar-refractivity contribution is 5.74. The molecule has 0 atom stereocenters. The first-order valence-corrected chi connectivity index (χ1v) is 8.05. The fourth-order valence-electron chi connectivity index (χ4n) is 2.55. The molecule has 9 nitrogen and oxygen atoms in total. The minimum Gasteiger partial charge on any atom is -0.410 e. The van der Waals surface area contributed by atoms with Gasteiger partial charge in [0, 0.05) is 44.4 Å². The smallest absolute Gasteiger partial charge is 0.410 e. The second-order valence-electron chi connectivity index (χ2n) is 6.18. The van der Waals surface area contributed by atoms with E-state index in [0.29, 0.717) is 11.3 Å². The Kier molecular flexibility index (Phi) is 4.93. The number of nitrogens with zero attached hydrogens (tertiary/aromatic N) is 3. The Morgan fingerprint density at radius 3 is 2.78 bits per heavy atom. The molecule has 1 aliphatic rings. The summed E-state index contributed by atoms with van der Waals surface area (Å²) in [6.45, 7) is 0.454. The number of rotatable bonds is 4. The van der Waals surface area contributed by atoms with Crippen LogP contribution in [-0.4, -0.2) is 41.0 Å². The maximum atomic E-state index is 12.3. The number of carbonyl (C=O) groups excluding carboxylic acids is 2. The lowest BCUT2D eigenvalue weighted by atomic mass is 10.1. The maximum absolute atomic E-state index is 12.3. The fraction of sp³-hybridized carbons (Fsp3) is 0.222. The van der Waals surface area contributed by atoms with E-state index in [9.17, 15) is 19.7 Å². The molecule has 0 bridgehead atoms. The van der Waals surface area contributed by atoms with Crippen molar-refractivity contribution in [3.8, 4) is 11.5 Å². The predicted octanol–water partition coefficient (Wildman–Crippen LogP) is 3.17. The van der Waals surface area contributed by atoms with E-state index in [2.05, 4.69) is 0 Å². The number of hydrogen-bond acceptors (Lipinski definition) is 6. The van der Waals surface area contributed by atoms with Gasteiger partial charge in [-0.15, -0.1) is 0 Å². The van der Waals surface area contributed by atoms with Crippen LogP contribution in [0.5, 0.6) is 11.5 Å². The molecular formula is C18H17N3O6. The highest BCUT2D eigenvalue weighted by Gasteiger charge is 2.26. The van der Waals surface area contributed by atoms with Gasteiger partial charge in [0.25, 0.3) is 5.69 Å². The number of ether oxygens (including phenoxy) is 2. The van der Waals surface area contributed by atoms with Crippen LogP contribution in [0.15, 0.2) is 42.5 Å². The van der Waals surface area contributed by atoms with Gasteiger partial charge in [-0.1, -0.05) is 12.1 Å². The van der Waals surface area contributed by atoms with Crippen LogP contribution < -0.4 is 9.47 Å². The number of non-ortho nitro benzene ring substituents is 1. The number of hydrogen-bond donors (Lipinski definition) is 0. The monoisotopic (exact) mass is 371 g/mol. The third kappa shape index (κ3) is 4.14. The molecule has 0 unspecified atom stereocenters. The zero-order valence-corrected chi connectivity index (χ0v) is 14.7. The van der Waals surface area contributed by atoms with E-state index in [1.165, 1.54) is 28.0 Å². The zero-order valence-electron chi connectivity index (χ0n) is 14.7. The molecule has 2 aromatic rings. The Morgan fingerprint density at radius 2 is 2.07 bits per heavy atom. The molecule has 27 heavy (non-hydrogen) atoms. The third-order valence-corrected chi connectivity index (χ3v) is 3.92. The van der Waals surface area contributed by atoms with E-state index in [4.69, 9.17) is 9.47 Å². The second kappa shape index (κ2) is 7.32. The number of fused-ring (bicyclic) bond motifs is 1. The molecule has 0 spiro atoms. The summed E-state index contributed by atoms with van der Waals surface area (Å²) in [6.07, 6.45) is -1.12. The predicted molar refractivity (Wildman–Crippen MR) is 94.5 cm³/mol. The van der Waals surface area contributed by atoms with E-state index in [1.807, 2.05) is 0 Å². The minimum absolute atomic E-state index is 0.0365. The molecule has 2 aromatic carbocycles. The SMILES string of the molecule is CN(C)C(=O)Oc1ccc2c(c1)OC(=O)N(Cc1cccc([N+](=O)[O-])c1)C2. The van der Waals surface area contributed by atoms with Crippen molar-refractivity contribution in [3.05, 3.63) is 63.7 Å². The first-order chi connectivity index (χ1) is 12.8. The summed E-state index contributed by atoms with van der Waals surface area (Å²) >= 11 is 0. The Bertz CT molecular complexity index is 912. The van der Waals surface area contributed by atoms with Gasteiger partial charge in [0.05, 0.1) is 11.5 Å². The summed E-state index contributed by atoms with van der Waals surface area (Å²) in [7, 11) is 3.12. The van der Waals surface area contributed by atoms with Crippen molar-refractivity contribution >= 4 is 17.9 Å². The standard InChI is InChI=1S/C18H17N3O6/c1-19(2)17(22)26-15-7-6-13-11-20(18(23)27-16(13)9-15)10-12-4-3-5-14(8-12)21(24)25/h3-9H,10-11H2,1-2H3. The molecule has 0 aliphatic carbocycles. The van der Waals surface area contributed by atoms with Crippen LogP contribution >= 0.6 is 0 Å². The molecule has 0 N–H and O–H groups in total. The molecule has 3 rings (SSSR count). The highest BCUT2D eigenvalue weighted by atomic mass is 16.6. The average molecular weight is 371 g/mol. The van der Waals surface area contributed by atoms with Gasteiger partial charge in [0.15, 0.2) is 0 Å². The first kappa shape index (κ1) is 18.2. The molecule has 140 valence electrons. The molecule has 0 saturated heterocycles. The lowest BCUT2D eigenvalue weighted by Crippen LogP contribution is -2.36. The number of amides is 2. The van der Waals surface area contributed by atoms with Crippen LogP contribution in [0.4, 0.5) is 15.3 Å².